The van der Waals surface area contributed by atoms with Crippen molar-refractivity contribution in [3.05, 3.63) is 34.1 Å². The molecule has 1 aromatic rings. The summed E-state index contributed by atoms with van der Waals surface area (Å²) < 4.78 is 13.6. The molecule has 0 saturated heterocycles. The molecule has 0 heterocycles. The molecule has 1 aromatic carbocycles. The highest BCUT2D eigenvalue weighted by Crippen LogP contribution is 2.28. The standard InChI is InChI=1S/C13H19BrFNO/c1-9(2)7-16-8-13(3,17)11-5-4-10(15)6-12(11)14/h4-6,9,16-17H,7-8H2,1-3H3. The van der Waals surface area contributed by atoms with Gasteiger partial charge in [-0.1, -0.05) is 35.8 Å². The first-order chi connectivity index (χ1) is 7.83. The van der Waals surface area contributed by atoms with Crippen molar-refractivity contribution in [1.82, 2.24) is 5.32 Å². The molecule has 0 fully saturated rings. The molecule has 0 radical (unpaired) electrons. The molecule has 1 unspecified atom stereocenters. The van der Waals surface area contributed by atoms with Gasteiger partial charge in [0.05, 0.1) is 0 Å². The first-order valence-corrected chi connectivity index (χ1v) is 6.51. The van der Waals surface area contributed by atoms with Gasteiger partial charge in [0.25, 0.3) is 0 Å². The van der Waals surface area contributed by atoms with Gasteiger partial charge < -0.3 is 10.4 Å². The van der Waals surface area contributed by atoms with Gasteiger partial charge in [0.1, 0.15) is 11.4 Å². The van der Waals surface area contributed by atoms with Crippen molar-refractivity contribution in [2.75, 3.05) is 13.1 Å². The molecule has 0 aliphatic carbocycles. The van der Waals surface area contributed by atoms with Gasteiger partial charge in [0, 0.05) is 11.0 Å². The topological polar surface area (TPSA) is 32.3 Å². The normalized spacial score (nSPS) is 15.0. The molecule has 1 rings (SSSR count). The first kappa shape index (κ1) is 14.6. The predicted octanol–water partition coefficient (Wildman–Crippen LogP) is 3.04. The molecule has 2 N–H and O–H groups in total. The highest BCUT2D eigenvalue weighted by molar-refractivity contribution is 9.10. The average molecular weight is 304 g/mol. The van der Waals surface area contributed by atoms with Crippen LogP contribution >= 0.6 is 15.9 Å². The first-order valence-electron chi connectivity index (χ1n) is 5.71. The van der Waals surface area contributed by atoms with Crippen LogP contribution in [-0.2, 0) is 5.60 Å². The number of aliphatic hydroxyl groups is 1. The largest absolute Gasteiger partial charge is 0.384 e. The Hall–Kier alpha value is -0.450. The lowest BCUT2D eigenvalue weighted by Gasteiger charge is -2.26. The Morgan fingerprint density at radius 2 is 2.12 bits per heavy atom. The molecule has 2 nitrogen and oxygen atoms in total. The van der Waals surface area contributed by atoms with Crippen LogP contribution in [0.3, 0.4) is 0 Å². The lowest BCUT2D eigenvalue weighted by atomic mass is 9.96. The minimum absolute atomic E-state index is 0.313. The second-order valence-electron chi connectivity index (χ2n) is 4.92. The maximum Gasteiger partial charge on any atom is 0.124 e. The van der Waals surface area contributed by atoms with E-state index in [9.17, 15) is 9.50 Å². The summed E-state index contributed by atoms with van der Waals surface area (Å²) in [5.74, 6) is 0.217. The third kappa shape index (κ3) is 4.37. The number of nitrogens with one attached hydrogen (secondary N) is 1. The van der Waals surface area contributed by atoms with E-state index in [1.54, 1.807) is 13.0 Å². The van der Waals surface area contributed by atoms with Crippen LogP contribution < -0.4 is 5.32 Å². The van der Waals surface area contributed by atoms with Gasteiger partial charge in [-0.05, 0) is 37.1 Å². The molecule has 17 heavy (non-hydrogen) atoms. The highest BCUT2D eigenvalue weighted by Gasteiger charge is 2.25. The monoisotopic (exact) mass is 303 g/mol. The van der Waals surface area contributed by atoms with E-state index in [4.69, 9.17) is 0 Å². The summed E-state index contributed by atoms with van der Waals surface area (Å²) in [6, 6.07) is 4.33. The Labute approximate surface area is 110 Å². The Morgan fingerprint density at radius 1 is 1.47 bits per heavy atom. The number of halogens is 2. The molecule has 96 valence electrons. The summed E-state index contributed by atoms with van der Waals surface area (Å²) in [5, 5.41) is 13.6. The van der Waals surface area contributed by atoms with Gasteiger partial charge in [-0.15, -0.1) is 0 Å². The fraction of sp³-hybridized carbons (Fsp3) is 0.538. The summed E-state index contributed by atoms with van der Waals surface area (Å²) in [6.07, 6.45) is 0. The van der Waals surface area contributed by atoms with Crippen LogP contribution in [0.4, 0.5) is 4.39 Å². The number of rotatable bonds is 5. The summed E-state index contributed by atoms with van der Waals surface area (Å²) >= 11 is 3.28. The molecule has 4 heteroatoms. The third-order valence-corrected chi connectivity index (χ3v) is 3.19. The quantitative estimate of drug-likeness (QED) is 0.876. The molecule has 1 atom stereocenters. The van der Waals surface area contributed by atoms with Crippen LogP contribution in [0.2, 0.25) is 0 Å². The molecular formula is C13H19BrFNO. The second-order valence-corrected chi connectivity index (χ2v) is 5.78. The highest BCUT2D eigenvalue weighted by atomic mass is 79.9. The lowest BCUT2D eigenvalue weighted by molar-refractivity contribution is 0.0556. The van der Waals surface area contributed by atoms with Gasteiger partial charge in [0.2, 0.25) is 0 Å². The number of hydrogen-bond donors (Lipinski definition) is 2. The summed E-state index contributed by atoms with van der Waals surface area (Å²) in [4.78, 5) is 0. The van der Waals surface area contributed by atoms with Crippen LogP contribution in [0.5, 0.6) is 0 Å². The van der Waals surface area contributed by atoms with Crippen molar-refractivity contribution >= 4 is 15.9 Å². The fourth-order valence-electron chi connectivity index (χ4n) is 1.63. The fourth-order valence-corrected chi connectivity index (χ4v) is 2.40. The molecule has 0 saturated carbocycles. The molecular weight excluding hydrogens is 285 g/mol. The molecule has 0 aliphatic rings. The van der Waals surface area contributed by atoms with Crippen molar-refractivity contribution in [3.63, 3.8) is 0 Å². The zero-order valence-corrected chi connectivity index (χ0v) is 12.0. The minimum atomic E-state index is -1.01. The summed E-state index contributed by atoms with van der Waals surface area (Å²) in [6.45, 7) is 7.22. The summed E-state index contributed by atoms with van der Waals surface area (Å²) in [7, 11) is 0. The Kier molecular flexibility index (Phi) is 5.10. The van der Waals surface area contributed by atoms with E-state index in [0.29, 0.717) is 22.5 Å². The molecule has 0 aliphatic heterocycles. The van der Waals surface area contributed by atoms with Crippen LogP contribution in [0.25, 0.3) is 0 Å². The zero-order chi connectivity index (χ0) is 13.1. The van der Waals surface area contributed by atoms with Crippen molar-refractivity contribution < 1.29 is 9.50 Å². The molecule has 0 spiro atoms. The second kappa shape index (κ2) is 5.94. The SMILES string of the molecule is CC(C)CNCC(C)(O)c1ccc(F)cc1Br. The average Bonchev–Trinajstić information content (AvgIpc) is 2.15. The third-order valence-electron chi connectivity index (χ3n) is 2.53. The van der Waals surface area contributed by atoms with Crippen molar-refractivity contribution in [1.29, 1.82) is 0 Å². The van der Waals surface area contributed by atoms with E-state index in [0.717, 1.165) is 6.54 Å². The van der Waals surface area contributed by atoms with Gasteiger partial charge in [-0.3, -0.25) is 0 Å². The van der Waals surface area contributed by atoms with E-state index in [-0.39, 0.29) is 5.82 Å². The van der Waals surface area contributed by atoms with Crippen LogP contribution in [0, 0.1) is 11.7 Å². The molecule has 0 bridgehead atoms. The van der Waals surface area contributed by atoms with Crippen LogP contribution in [-0.4, -0.2) is 18.2 Å². The van der Waals surface area contributed by atoms with E-state index >= 15 is 0 Å². The van der Waals surface area contributed by atoms with E-state index in [2.05, 4.69) is 35.1 Å². The smallest absolute Gasteiger partial charge is 0.124 e. The van der Waals surface area contributed by atoms with E-state index in [1.807, 2.05) is 0 Å². The molecule has 0 aromatic heterocycles. The predicted molar refractivity (Wildman–Crippen MR) is 71.4 cm³/mol. The Balaban J connectivity index is 2.74. The Bertz CT molecular complexity index is 380. The number of benzene rings is 1. The zero-order valence-electron chi connectivity index (χ0n) is 10.4. The maximum absolute atomic E-state index is 13.0. The Morgan fingerprint density at radius 3 is 2.65 bits per heavy atom. The van der Waals surface area contributed by atoms with Gasteiger partial charge in [-0.2, -0.15) is 0 Å². The lowest BCUT2D eigenvalue weighted by Crippen LogP contribution is -2.37. The van der Waals surface area contributed by atoms with Crippen molar-refractivity contribution in [3.8, 4) is 0 Å². The van der Waals surface area contributed by atoms with Gasteiger partial charge in [0.15, 0.2) is 0 Å². The van der Waals surface area contributed by atoms with Crippen molar-refractivity contribution in [2.24, 2.45) is 5.92 Å². The van der Waals surface area contributed by atoms with Crippen LogP contribution in [0.15, 0.2) is 22.7 Å². The van der Waals surface area contributed by atoms with Crippen LogP contribution in [0.1, 0.15) is 26.3 Å². The van der Waals surface area contributed by atoms with Gasteiger partial charge >= 0.3 is 0 Å². The van der Waals surface area contributed by atoms with Crippen molar-refractivity contribution in [2.45, 2.75) is 26.4 Å². The maximum atomic E-state index is 13.0. The summed E-state index contributed by atoms with van der Waals surface area (Å²) in [5.41, 5.74) is -0.323. The van der Waals surface area contributed by atoms with Gasteiger partial charge in [-0.25, -0.2) is 4.39 Å². The number of hydrogen-bond acceptors (Lipinski definition) is 2. The minimum Gasteiger partial charge on any atom is -0.384 e. The van der Waals surface area contributed by atoms with E-state index in [1.165, 1.54) is 12.1 Å². The molecule has 0 amide bonds. The van der Waals surface area contributed by atoms with E-state index < -0.39 is 5.60 Å².